The minimum absolute atomic E-state index is 0.104. The predicted molar refractivity (Wildman–Crippen MR) is 56.7 cm³/mol. The molecule has 1 unspecified atom stereocenters. The monoisotopic (exact) mass is 230 g/mol. The van der Waals surface area contributed by atoms with Crippen LogP contribution in [0.5, 0.6) is 0 Å². The lowest BCUT2D eigenvalue weighted by molar-refractivity contribution is -0.168. The van der Waals surface area contributed by atoms with Crippen LogP contribution in [-0.4, -0.2) is 30.9 Å². The van der Waals surface area contributed by atoms with E-state index in [2.05, 4.69) is 4.74 Å². The topological polar surface area (TPSA) is 69.7 Å². The summed E-state index contributed by atoms with van der Waals surface area (Å²) in [6, 6.07) is 0. The summed E-state index contributed by atoms with van der Waals surface area (Å²) in [5, 5.41) is 0. The number of rotatable bonds is 6. The first-order valence-corrected chi connectivity index (χ1v) is 5.32. The standard InChI is InChI=1S/C11H18O5/c1-5-11(4,10(14)16-7-3)8(12)9(13)15-6-2/h5-7H2,1-4H3. The van der Waals surface area contributed by atoms with Gasteiger partial charge in [0, 0.05) is 0 Å². The van der Waals surface area contributed by atoms with Crippen molar-refractivity contribution in [3.63, 3.8) is 0 Å². The maximum Gasteiger partial charge on any atom is 0.375 e. The third-order valence-electron chi connectivity index (χ3n) is 2.40. The summed E-state index contributed by atoms with van der Waals surface area (Å²) >= 11 is 0. The van der Waals surface area contributed by atoms with Gasteiger partial charge < -0.3 is 9.47 Å². The van der Waals surface area contributed by atoms with E-state index < -0.39 is 23.1 Å². The Morgan fingerprint density at radius 1 is 1.00 bits per heavy atom. The summed E-state index contributed by atoms with van der Waals surface area (Å²) in [5.41, 5.74) is -1.44. The third kappa shape index (κ3) is 3.05. The lowest BCUT2D eigenvalue weighted by atomic mass is 9.83. The van der Waals surface area contributed by atoms with E-state index in [4.69, 9.17) is 4.74 Å². The van der Waals surface area contributed by atoms with Crippen LogP contribution in [0.25, 0.3) is 0 Å². The average molecular weight is 230 g/mol. The lowest BCUT2D eigenvalue weighted by Crippen LogP contribution is -2.42. The molecule has 0 fully saturated rings. The van der Waals surface area contributed by atoms with Gasteiger partial charge in [0.15, 0.2) is 0 Å². The third-order valence-corrected chi connectivity index (χ3v) is 2.40. The van der Waals surface area contributed by atoms with E-state index in [0.717, 1.165) is 0 Å². The molecule has 0 amide bonds. The second-order valence-corrected chi connectivity index (χ2v) is 3.46. The molecule has 0 rings (SSSR count). The molecule has 92 valence electrons. The van der Waals surface area contributed by atoms with Gasteiger partial charge in [0.1, 0.15) is 5.41 Å². The zero-order valence-corrected chi connectivity index (χ0v) is 10.2. The highest BCUT2D eigenvalue weighted by atomic mass is 16.5. The number of carbonyl (C=O) groups is 3. The van der Waals surface area contributed by atoms with Crippen molar-refractivity contribution >= 4 is 17.7 Å². The average Bonchev–Trinajstić information content (AvgIpc) is 2.27. The van der Waals surface area contributed by atoms with Crippen LogP contribution in [0.3, 0.4) is 0 Å². The van der Waals surface area contributed by atoms with Crippen molar-refractivity contribution in [2.75, 3.05) is 13.2 Å². The van der Waals surface area contributed by atoms with Gasteiger partial charge in [0.2, 0.25) is 0 Å². The van der Waals surface area contributed by atoms with E-state index in [1.54, 1.807) is 20.8 Å². The van der Waals surface area contributed by atoms with Crippen LogP contribution in [0.2, 0.25) is 0 Å². The Kier molecular flexibility index (Phi) is 5.71. The number of hydrogen-bond donors (Lipinski definition) is 0. The number of Topliss-reactive ketones (excluding diaryl/α,β-unsaturated/α-hetero) is 1. The molecule has 0 aromatic heterocycles. The minimum atomic E-state index is -1.44. The van der Waals surface area contributed by atoms with E-state index in [-0.39, 0.29) is 19.6 Å². The van der Waals surface area contributed by atoms with E-state index in [9.17, 15) is 14.4 Å². The number of hydrogen-bond acceptors (Lipinski definition) is 5. The first-order valence-electron chi connectivity index (χ1n) is 5.32. The summed E-state index contributed by atoms with van der Waals surface area (Å²) in [6.45, 7) is 6.55. The van der Waals surface area contributed by atoms with Gasteiger partial charge in [0.25, 0.3) is 5.78 Å². The molecule has 0 saturated heterocycles. The molecule has 0 aromatic rings. The molecule has 0 spiro atoms. The molecule has 5 heteroatoms. The highest BCUT2D eigenvalue weighted by Gasteiger charge is 2.45. The van der Waals surface area contributed by atoms with Crippen molar-refractivity contribution in [1.29, 1.82) is 0 Å². The molecule has 0 aliphatic rings. The van der Waals surface area contributed by atoms with Gasteiger partial charge in [-0.15, -0.1) is 0 Å². The fraction of sp³-hybridized carbons (Fsp3) is 0.727. The molecule has 0 aromatic carbocycles. The molecule has 1 atom stereocenters. The van der Waals surface area contributed by atoms with Crippen molar-refractivity contribution in [3.05, 3.63) is 0 Å². The Labute approximate surface area is 95.1 Å². The second kappa shape index (κ2) is 6.25. The van der Waals surface area contributed by atoms with Crippen LogP contribution >= 0.6 is 0 Å². The first kappa shape index (κ1) is 14.6. The Morgan fingerprint density at radius 3 is 1.88 bits per heavy atom. The maximum atomic E-state index is 11.7. The largest absolute Gasteiger partial charge is 0.465 e. The van der Waals surface area contributed by atoms with Gasteiger partial charge in [0.05, 0.1) is 13.2 Å². The number of ketones is 1. The van der Waals surface area contributed by atoms with Gasteiger partial charge in [-0.05, 0) is 27.2 Å². The van der Waals surface area contributed by atoms with Crippen LogP contribution in [0, 0.1) is 5.41 Å². The van der Waals surface area contributed by atoms with Crippen LogP contribution < -0.4 is 0 Å². The van der Waals surface area contributed by atoms with E-state index in [1.165, 1.54) is 6.92 Å². The van der Waals surface area contributed by atoms with E-state index in [1.807, 2.05) is 0 Å². The summed E-state index contributed by atoms with van der Waals surface area (Å²) in [4.78, 5) is 34.6. The zero-order valence-electron chi connectivity index (χ0n) is 10.2. The molecular weight excluding hydrogens is 212 g/mol. The van der Waals surface area contributed by atoms with Crippen LogP contribution in [0.15, 0.2) is 0 Å². The molecule has 0 radical (unpaired) electrons. The lowest BCUT2D eigenvalue weighted by Gasteiger charge is -2.22. The molecule has 16 heavy (non-hydrogen) atoms. The van der Waals surface area contributed by atoms with Crippen molar-refractivity contribution in [2.45, 2.75) is 34.1 Å². The fourth-order valence-corrected chi connectivity index (χ4v) is 1.11. The van der Waals surface area contributed by atoms with Crippen molar-refractivity contribution in [3.8, 4) is 0 Å². The molecule has 0 aliphatic carbocycles. The zero-order chi connectivity index (χ0) is 12.8. The Balaban J connectivity index is 4.88. The van der Waals surface area contributed by atoms with Crippen LogP contribution in [-0.2, 0) is 23.9 Å². The van der Waals surface area contributed by atoms with Gasteiger partial charge in [-0.2, -0.15) is 0 Å². The molecule has 0 heterocycles. The molecular formula is C11H18O5. The molecule has 0 N–H and O–H groups in total. The summed E-state index contributed by atoms with van der Waals surface area (Å²) in [6.07, 6.45) is 0.198. The maximum absolute atomic E-state index is 11.7. The first-order chi connectivity index (χ1) is 7.43. The smallest absolute Gasteiger partial charge is 0.375 e. The normalized spacial score (nSPS) is 13.8. The molecule has 0 aliphatic heterocycles. The second-order valence-electron chi connectivity index (χ2n) is 3.46. The van der Waals surface area contributed by atoms with E-state index >= 15 is 0 Å². The SMILES string of the molecule is CCOC(=O)C(=O)C(C)(CC)C(=O)OCC. The quantitative estimate of drug-likeness (QED) is 0.388. The van der Waals surface area contributed by atoms with Gasteiger partial charge in [-0.3, -0.25) is 9.59 Å². The summed E-state index contributed by atoms with van der Waals surface area (Å²) < 4.78 is 9.36. The molecule has 0 saturated carbocycles. The van der Waals surface area contributed by atoms with Crippen molar-refractivity contribution < 1.29 is 23.9 Å². The fourth-order valence-electron chi connectivity index (χ4n) is 1.11. The number of carbonyl (C=O) groups excluding carboxylic acids is 3. The highest BCUT2D eigenvalue weighted by Crippen LogP contribution is 2.25. The number of esters is 2. The van der Waals surface area contributed by atoms with Crippen molar-refractivity contribution in [1.82, 2.24) is 0 Å². The van der Waals surface area contributed by atoms with Gasteiger partial charge >= 0.3 is 11.9 Å². The minimum Gasteiger partial charge on any atom is -0.465 e. The molecule has 0 bridgehead atoms. The van der Waals surface area contributed by atoms with Gasteiger partial charge in [-0.25, -0.2) is 4.79 Å². The van der Waals surface area contributed by atoms with Crippen LogP contribution in [0.1, 0.15) is 34.1 Å². The predicted octanol–water partition coefficient (Wildman–Crippen LogP) is 1.10. The van der Waals surface area contributed by atoms with Crippen LogP contribution in [0.4, 0.5) is 0 Å². The Hall–Kier alpha value is -1.39. The Morgan fingerprint density at radius 2 is 1.50 bits per heavy atom. The number of ether oxygens (including phenoxy) is 2. The summed E-state index contributed by atoms with van der Waals surface area (Å²) in [7, 11) is 0. The Bertz CT molecular complexity index is 284. The summed E-state index contributed by atoms with van der Waals surface area (Å²) in [5.74, 6) is -2.52. The van der Waals surface area contributed by atoms with Gasteiger partial charge in [-0.1, -0.05) is 6.92 Å². The van der Waals surface area contributed by atoms with E-state index in [0.29, 0.717) is 0 Å². The molecule has 5 nitrogen and oxygen atoms in total. The van der Waals surface area contributed by atoms with Crippen molar-refractivity contribution in [2.24, 2.45) is 5.41 Å². The highest BCUT2D eigenvalue weighted by molar-refractivity contribution is 6.39.